The summed E-state index contributed by atoms with van der Waals surface area (Å²) in [5.74, 6) is 5.17. The van der Waals surface area contributed by atoms with Crippen LogP contribution in [0.4, 0.5) is 5.69 Å². The van der Waals surface area contributed by atoms with Crippen molar-refractivity contribution in [2.75, 3.05) is 18.5 Å². The summed E-state index contributed by atoms with van der Waals surface area (Å²) in [6.07, 6.45) is 0.440. The summed E-state index contributed by atoms with van der Waals surface area (Å²) < 4.78 is 0. The van der Waals surface area contributed by atoms with Crippen LogP contribution in [0, 0.1) is 11.8 Å². The van der Waals surface area contributed by atoms with Crippen LogP contribution in [0.15, 0.2) is 24.3 Å². The summed E-state index contributed by atoms with van der Waals surface area (Å²) in [6, 6.07) is 7.01. The highest BCUT2D eigenvalue weighted by molar-refractivity contribution is 5.94. The van der Waals surface area contributed by atoms with Crippen LogP contribution in [0.2, 0.25) is 0 Å². The van der Waals surface area contributed by atoms with Gasteiger partial charge in [-0.1, -0.05) is 11.8 Å². The minimum absolute atomic E-state index is 0.0459. The molecule has 100 valence electrons. The molecule has 3 N–H and O–H groups in total. The first-order valence-corrected chi connectivity index (χ1v) is 5.86. The summed E-state index contributed by atoms with van der Waals surface area (Å²) in [5, 5.41) is 13.7. The minimum atomic E-state index is -0.283. The molecule has 0 spiro atoms. The van der Waals surface area contributed by atoms with Crippen molar-refractivity contribution in [2.45, 2.75) is 13.3 Å². The van der Waals surface area contributed by atoms with Gasteiger partial charge in [0.05, 0.1) is 13.2 Å². The quantitative estimate of drug-likeness (QED) is 0.690. The molecule has 0 heterocycles. The van der Waals surface area contributed by atoms with Gasteiger partial charge in [-0.05, 0) is 24.3 Å². The van der Waals surface area contributed by atoms with Crippen LogP contribution in [0.3, 0.4) is 0 Å². The molecule has 1 aromatic rings. The molecule has 1 aromatic carbocycles. The first kappa shape index (κ1) is 14.7. The molecular formula is C14H16N2O3. The average Bonchev–Trinajstić information content (AvgIpc) is 2.39. The third kappa shape index (κ3) is 6.24. The Hall–Kier alpha value is -2.32. The number of rotatable bonds is 4. The van der Waals surface area contributed by atoms with Gasteiger partial charge in [-0.25, -0.2) is 0 Å². The van der Waals surface area contributed by atoms with Gasteiger partial charge >= 0.3 is 0 Å². The van der Waals surface area contributed by atoms with Crippen LogP contribution in [0.5, 0.6) is 0 Å². The SMILES string of the molecule is CC(=O)NCC(=O)Nc1ccc(C#CCCO)cc1. The molecule has 2 amide bonds. The molecule has 19 heavy (non-hydrogen) atoms. The Labute approximate surface area is 112 Å². The summed E-state index contributed by atoms with van der Waals surface area (Å²) in [4.78, 5) is 22.1. The standard InChI is InChI=1S/C14H16N2O3/c1-11(18)15-10-14(19)16-13-7-5-12(6-8-13)4-2-3-9-17/h5-8,17H,3,9-10H2,1H3,(H,15,18)(H,16,19). The summed E-state index contributed by atoms with van der Waals surface area (Å²) >= 11 is 0. The van der Waals surface area contributed by atoms with Gasteiger partial charge in [-0.3, -0.25) is 9.59 Å². The van der Waals surface area contributed by atoms with Crippen LogP contribution in [-0.2, 0) is 9.59 Å². The third-order valence-corrected chi connectivity index (χ3v) is 2.14. The highest BCUT2D eigenvalue weighted by Crippen LogP contribution is 2.08. The van der Waals surface area contributed by atoms with Crippen LogP contribution in [0.25, 0.3) is 0 Å². The van der Waals surface area contributed by atoms with Crippen molar-refractivity contribution < 1.29 is 14.7 Å². The van der Waals surface area contributed by atoms with E-state index in [-0.39, 0.29) is 25.0 Å². The van der Waals surface area contributed by atoms with Gasteiger partial charge in [0.25, 0.3) is 0 Å². The first-order valence-electron chi connectivity index (χ1n) is 5.86. The van der Waals surface area contributed by atoms with E-state index in [0.717, 1.165) is 5.56 Å². The molecule has 0 aliphatic rings. The molecule has 0 fully saturated rings. The van der Waals surface area contributed by atoms with Gasteiger partial charge in [0.1, 0.15) is 0 Å². The molecule has 0 saturated heterocycles. The van der Waals surface area contributed by atoms with Crippen LogP contribution >= 0.6 is 0 Å². The Morgan fingerprint density at radius 2 is 1.95 bits per heavy atom. The van der Waals surface area contributed by atoms with Gasteiger partial charge in [-0.15, -0.1) is 0 Å². The Morgan fingerprint density at radius 3 is 2.53 bits per heavy atom. The number of carbonyl (C=O) groups excluding carboxylic acids is 2. The highest BCUT2D eigenvalue weighted by Gasteiger charge is 2.02. The summed E-state index contributed by atoms with van der Waals surface area (Å²) in [5.41, 5.74) is 1.45. The van der Waals surface area contributed by atoms with Crippen molar-refractivity contribution in [3.05, 3.63) is 29.8 Å². The number of hydrogen-bond acceptors (Lipinski definition) is 3. The molecule has 0 atom stereocenters. The molecular weight excluding hydrogens is 244 g/mol. The van der Waals surface area contributed by atoms with Crippen molar-refractivity contribution in [2.24, 2.45) is 0 Å². The predicted octanol–water partition coefficient (Wildman–Crippen LogP) is 0.495. The van der Waals surface area contributed by atoms with Crippen LogP contribution in [-0.4, -0.2) is 30.1 Å². The van der Waals surface area contributed by atoms with E-state index in [0.29, 0.717) is 12.1 Å². The summed E-state index contributed by atoms with van der Waals surface area (Å²) in [7, 11) is 0. The monoisotopic (exact) mass is 260 g/mol. The maximum atomic E-state index is 11.4. The highest BCUT2D eigenvalue weighted by atomic mass is 16.2. The number of aliphatic hydroxyl groups excluding tert-OH is 1. The number of amides is 2. The van der Waals surface area contributed by atoms with Crippen molar-refractivity contribution in [3.63, 3.8) is 0 Å². The molecule has 5 nitrogen and oxygen atoms in total. The topological polar surface area (TPSA) is 78.4 Å². The van der Waals surface area contributed by atoms with Crippen LogP contribution in [0.1, 0.15) is 18.9 Å². The van der Waals surface area contributed by atoms with Gasteiger partial charge in [-0.2, -0.15) is 0 Å². The third-order valence-electron chi connectivity index (χ3n) is 2.14. The maximum absolute atomic E-state index is 11.4. The van der Waals surface area contributed by atoms with Gasteiger partial charge < -0.3 is 15.7 Å². The maximum Gasteiger partial charge on any atom is 0.243 e. The zero-order chi connectivity index (χ0) is 14.1. The molecule has 0 saturated carbocycles. The first-order chi connectivity index (χ1) is 9.11. The number of hydrogen-bond donors (Lipinski definition) is 3. The van der Waals surface area contributed by atoms with Crippen LogP contribution < -0.4 is 10.6 Å². The Bertz CT molecular complexity index is 498. The fourth-order valence-electron chi connectivity index (χ4n) is 1.27. The normalized spacial score (nSPS) is 9.16. The van der Waals surface area contributed by atoms with Crippen molar-refractivity contribution in [1.82, 2.24) is 5.32 Å². The smallest absolute Gasteiger partial charge is 0.243 e. The van der Waals surface area contributed by atoms with Gasteiger partial charge in [0.2, 0.25) is 11.8 Å². The minimum Gasteiger partial charge on any atom is -0.395 e. The zero-order valence-corrected chi connectivity index (χ0v) is 10.7. The van der Waals surface area contributed by atoms with Crippen molar-refractivity contribution in [1.29, 1.82) is 0 Å². The van der Waals surface area contributed by atoms with Crippen molar-refractivity contribution in [3.8, 4) is 11.8 Å². The molecule has 5 heteroatoms. The van der Waals surface area contributed by atoms with Gasteiger partial charge in [0.15, 0.2) is 0 Å². The second-order valence-electron chi connectivity index (χ2n) is 3.81. The van der Waals surface area contributed by atoms with Gasteiger partial charge in [0, 0.05) is 24.6 Å². The lowest BCUT2D eigenvalue weighted by molar-refractivity contribution is -0.122. The number of aliphatic hydroxyl groups is 1. The fourth-order valence-corrected chi connectivity index (χ4v) is 1.27. The molecule has 0 unspecified atom stereocenters. The fraction of sp³-hybridized carbons (Fsp3) is 0.286. The van der Waals surface area contributed by atoms with E-state index in [9.17, 15) is 9.59 Å². The van der Waals surface area contributed by atoms with E-state index in [2.05, 4.69) is 22.5 Å². The molecule has 0 aromatic heterocycles. The second kappa shape index (κ2) is 7.90. The number of carbonyl (C=O) groups is 2. The molecule has 0 radical (unpaired) electrons. The lowest BCUT2D eigenvalue weighted by Crippen LogP contribution is -2.31. The van der Waals surface area contributed by atoms with E-state index in [1.165, 1.54) is 6.92 Å². The molecule has 0 aliphatic carbocycles. The molecule has 0 aliphatic heterocycles. The largest absolute Gasteiger partial charge is 0.395 e. The Morgan fingerprint density at radius 1 is 1.26 bits per heavy atom. The second-order valence-corrected chi connectivity index (χ2v) is 3.81. The Balaban J connectivity index is 2.50. The number of nitrogens with one attached hydrogen (secondary N) is 2. The lowest BCUT2D eigenvalue weighted by Gasteiger charge is -2.05. The summed E-state index contributed by atoms with van der Waals surface area (Å²) in [6.45, 7) is 1.35. The van der Waals surface area contributed by atoms with E-state index >= 15 is 0 Å². The van der Waals surface area contributed by atoms with Crippen molar-refractivity contribution >= 4 is 17.5 Å². The molecule has 1 rings (SSSR count). The average molecular weight is 260 g/mol. The van der Waals surface area contributed by atoms with E-state index < -0.39 is 0 Å². The Kier molecular flexibility index (Phi) is 6.13. The lowest BCUT2D eigenvalue weighted by atomic mass is 10.2. The van der Waals surface area contributed by atoms with E-state index in [4.69, 9.17) is 5.11 Å². The number of anilines is 1. The molecule has 0 bridgehead atoms. The zero-order valence-electron chi connectivity index (χ0n) is 10.7. The van der Waals surface area contributed by atoms with E-state index in [1.807, 2.05) is 0 Å². The predicted molar refractivity (Wildman–Crippen MR) is 72.3 cm³/mol. The van der Waals surface area contributed by atoms with E-state index in [1.54, 1.807) is 24.3 Å². The number of benzene rings is 1.